The third kappa shape index (κ3) is 10.5. The molecule has 370 valence electrons. The van der Waals surface area contributed by atoms with E-state index in [0.717, 1.165) is 11.1 Å². The number of carboxylic acid groups (broad SMARTS) is 2. The van der Waals surface area contributed by atoms with E-state index in [1.165, 1.54) is 47.5 Å². The summed E-state index contributed by atoms with van der Waals surface area (Å²) in [5.74, 6) is -1.21. The minimum Gasteiger partial charge on any atom is -0.493 e. The van der Waals surface area contributed by atoms with Gasteiger partial charge in [-0.05, 0) is 58.4 Å². The van der Waals surface area contributed by atoms with Crippen LogP contribution in [0, 0.1) is 11.8 Å². The summed E-state index contributed by atoms with van der Waals surface area (Å²) in [6.45, 7) is 4.38. The number of carbonyl (C=O) groups excluding carboxylic acids is 4. The highest BCUT2D eigenvalue weighted by atomic mass is 32.2. The Morgan fingerprint density at radius 2 is 1.01 bits per heavy atom. The summed E-state index contributed by atoms with van der Waals surface area (Å²) in [5.41, 5.74) is 2.95. The van der Waals surface area contributed by atoms with Crippen LogP contribution in [0.2, 0.25) is 0 Å². The fourth-order valence-electron chi connectivity index (χ4n) is 9.26. The number of fused-ring (bicyclic) bond motifs is 2. The van der Waals surface area contributed by atoms with Crippen molar-refractivity contribution in [2.75, 3.05) is 38.9 Å². The van der Waals surface area contributed by atoms with Crippen LogP contribution in [0.1, 0.15) is 48.2 Å². The predicted molar refractivity (Wildman–Crippen MR) is 260 cm³/mol. The summed E-state index contributed by atoms with van der Waals surface area (Å²) in [4.78, 5) is 80.8. The molecule has 4 amide bonds. The first-order valence-corrected chi connectivity index (χ1v) is 25.0. The van der Waals surface area contributed by atoms with Gasteiger partial charge in [-0.3, -0.25) is 29.8 Å². The van der Waals surface area contributed by atoms with E-state index in [9.17, 15) is 39.0 Å². The quantitative estimate of drug-likeness (QED) is 0.0515. The number of β-lactam (4-membered cyclic amide) rings is 2. The van der Waals surface area contributed by atoms with E-state index in [4.69, 9.17) is 18.9 Å². The first-order valence-electron chi connectivity index (χ1n) is 22.9. The van der Waals surface area contributed by atoms with E-state index >= 15 is 0 Å². The second-order valence-corrected chi connectivity index (χ2v) is 19.8. The average molecular weight is 997 g/mol. The van der Waals surface area contributed by atoms with Crippen molar-refractivity contribution in [2.45, 2.75) is 73.9 Å². The number of hydrogen-bond acceptors (Lipinski definition) is 14. The number of nitrogens with zero attached hydrogens (tertiary/aromatic N) is 2. The number of carboxylic acids is 2. The molecule has 4 aliphatic rings. The maximum absolute atomic E-state index is 13.9. The maximum Gasteiger partial charge on any atom is 0.326 e. The predicted octanol–water partition coefficient (Wildman–Crippen LogP) is 3.80. The van der Waals surface area contributed by atoms with Gasteiger partial charge in [-0.2, -0.15) is 0 Å². The first kappa shape index (κ1) is 49.9. The average Bonchev–Trinajstić information content (AvgIpc) is 3.36. The monoisotopic (exact) mass is 996 g/mol. The largest absolute Gasteiger partial charge is 0.493 e. The van der Waals surface area contributed by atoms with Crippen LogP contribution in [0.25, 0.3) is 0 Å². The van der Waals surface area contributed by atoms with Gasteiger partial charge in [-0.25, -0.2) is 9.59 Å². The number of amides is 4. The lowest BCUT2D eigenvalue weighted by Gasteiger charge is -2.53. The van der Waals surface area contributed by atoms with Crippen molar-refractivity contribution in [3.8, 4) is 23.0 Å². The van der Waals surface area contributed by atoms with E-state index < -0.39 is 82.6 Å². The topological polar surface area (TPSA) is 234 Å². The van der Waals surface area contributed by atoms with Gasteiger partial charge in [0.1, 0.15) is 60.2 Å². The van der Waals surface area contributed by atoms with Crippen LogP contribution < -0.4 is 40.2 Å². The summed E-state index contributed by atoms with van der Waals surface area (Å²) < 4.78 is 23.5. The van der Waals surface area contributed by atoms with Crippen LogP contribution >= 0.6 is 23.5 Å². The van der Waals surface area contributed by atoms with Crippen LogP contribution in [0.5, 0.6) is 23.0 Å². The summed E-state index contributed by atoms with van der Waals surface area (Å²) in [6, 6.07) is 23.9. The molecule has 0 bridgehead atoms. The highest BCUT2D eigenvalue weighted by molar-refractivity contribution is 8.00. The molecule has 20 heteroatoms. The Hall–Kier alpha value is -6.48. The van der Waals surface area contributed by atoms with Gasteiger partial charge in [-0.1, -0.05) is 86.6 Å². The Kier molecular flexibility index (Phi) is 15.7. The molecule has 4 aliphatic heterocycles. The molecule has 0 spiro atoms. The Morgan fingerprint density at radius 3 is 1.44 bits per heavy atom. The smallest absolute Gasteiger partial charge is 0.326 e. The molecule has 6 unspecified atom stereocenters. The second-order valence-electron chi connectivity index (χ2n) is 17.5. The zero-order chi connectivity index (χ0) is 49.6. The molecule has 10 atom stereocenters. The number of aliphatic carboxylic acids is 2. The molecular formula is C50H56N6O12S2. The minimum absolute atomic E-state index is 0.131. The molecule has 4 heterocycles. The molecule has 4 aromatic rings. The fraction of sp³-hybridized carbons (Fsp3) is 0.400. The van der Waals surface area contributed by atoms with Crippen molar-refractivity contribution in [1.82, 2.24) is 31.1 Å². The number of rotatable bonds is 21. The maximum atomic E-state index is 13.9. The molecular weight excluding hydrogens is 941 g/mol. The van der Waals surface area contributed by atoms with Crippen molar-refractivity contribution >= 4 is 59.1 Å². The van der Waals surface area contributed by atoms with Gasteiger partial charge in [-0.15, -0.1) is 23.5 Å². The SMILES string of the molecule is COc1cc(CN[C@@H](C(=O)N[C@@H]2C(=O)N3C(C(=O)O)C(C)CSC23)c2ccccc2)ccc1OCCOc1cc(CN[C@@H](C(=O)N[C@@H]2C(=O)N3C(C(=O)O)C(C)CSC23)c2ccccc2)ccc1OC. The highest BCUT2D eigenvalue weighted by Crippen LogP contribution is 2.42. The number of ether oxygens (including phenoxy) is 4. The zero-order valence-corrected chi connectivity index (χ0v) is 40.6. The van der Waals surface area contributed by atoms with E-state index in [0.29, 0.717) is 45.6 Å². The molecule has 70 heavy (non-hydrogen) atoms. The van der Waals surface area contributed by atoms with Crippen LogP contribution in [-0.2, 0) is 41.9 Å². The van der Waals surface area contributed by atoms with Gasteiger partial charge in [0.25, 0.3) is 0 Å². The van der Waals surface area contributed by atoms with Gasteiger partial charge in [0.2, 0.25) is 23.6 Å². The summed E-state index contributed by atoms with van der Waals surface area (Å²) in [5, 5.41) is 31.1. The van der Waals surface area contributed by atoms with Gasteiger partial charge in [0.05, 0.1) is 14.2 Å². The van der Waals surface area contributed by atoms with Crippen molar-refractivity contribution in [2.24, 2.45) is 11.8 Å². The number of nitrogens with one attached hydrogen (secondary N) is 4. The number of thioether (sulfide) groups is 2. The summed E-state index contributed by atoms with van der Waals surface area (Å²) in [6.07, 6.45) is 0. The second kappa shape index (κ2) is 22.1. The van der Waals surface area contributed by atoms with Crippen LogP contribution in [-0.4, -0.2) is 129 Å². The molecule has 0 aromatic heterocycles. The Morgan fingerprint density at radius 1 is 0.600 bits per heavy atom. The molecule has 8 rings (SSSR count). The Balaban J connectivity index is 0.855. The Bertz CT molecular complexity index is 2580. The normalized spacial score (nSPS) is 24.3. The van der Waals surface area contributed by atoms with Crippen molar-refractivity contribution < 1.29 is 57.9 Å². The van der Waals surface area contributed by atoms with Crippen molar-refractivity contribution in [1.29, 1.82) is 0 Å². The van der Waals surface area contributed by atoms with E-state index in [-0.39, 0.29) is 38.1 Å². The van der Waals surface area contributed by atoms with Crippen molar-refractivity contribution in [3.05, 3.63) is 119 Å². The van der Waals surface area contributed by atoms with Gasteiger partial charge in [0, 0.05) is 24.6 Å². The van der Waals surface area contributed by atoms with Crippen LogP contribution in [0.4, 0.5) is 0 Å². The first-order chi connectivity index (χ1) is 33.8. The molecule has 0 radical (unpaired) electrons. The van der Waals surface area contributed by atoms with E-state index in [1.807, 2.05) is 86.6 Å². The third-order valence-corrected chi connectivity index (χ3v) is 16.0. The minimum atomic E-state index is -1.05. The van der Waals surface area contributed by atoms with E-state index in [1.54, 1.807) is 24.3 Å². The van der Waals surface area contributed by atoms with Gasteiger partial charge >= 0.3 is 11.9 Å². The number of methoxy groups -OCH3 is 2. The van der Waals surface area contributed by atoms with Gasteiger partial charge in [0.15, 0.2) is 23.0 Å². The molecule has 18 nitrogen and oxygen atoms in total. The number of benzene rings is 4. The fourth-order valence-corrected chi connectivity index (χ4v) is 12.2. The van der Waals surface area contributed by atoms with Crippen LogP contribution in [0.3, 0.4) is 0 Å². The van der Waals surface area contributed by atoms with Gasteiger partial charge < -0.3 is 49.6 Å². The summed E-state index contributed by atoms with van der Waals surface area (Å²) >= 11 is 2.94. The zero-order valence-electron chi connectivity index (χ0n) is 38.9. The number of hydrogen-bond donors (Lipinski definition) is 6. The lowest BCUT2D eigenvalue weighted by molar-refractivity contribution is -0.165. The standard InChI is InChI=1S/C50H56N6O12S2/c1-27-25-69-47-39(45(59)55(47)41(27)49(61)62)53-43(57)37(31-11-7-5-8-12-31)51-23-29-16-18-34(35(21-29)66-4)67-19-20-68-36-22-30(15-17-33(36)65-3)24-52-38(32-13-9-6-10-14-32)44(58)54-40-46(60)56-42(50(63)64)28(2)26-70-48(40)56/h5-18,21-22,27-28,37-42,47-48,51-52H,19-20,23-26H2,1-4H3,(H,53,57)(H,54,58)(H,61,62)(H,63,64)/t27?,28?,37-,38-,39-,40-,41?,42?,47?,48?/m1/s1. The Labute approximate surface area is 413 Å². The lowest BCUT2D eigenvalue weighted by Crippen LogP contribution is -2.75. The van der Waals surface area contributed by atoms with E-state index in [2.05, 4.69) is 21.3 Å². The lowest BCUT2D eigenvalue weighted by atomic mass is 9.94. The molecule has 4 fully saturated rings. The molecule has 0 saturated carbocycles. The third-order valence-electron chi connectivity index (χ3n) is 12.9. The van der Waals surface area contributed by atoms with Crippen LogP contribution in [0.15, 0.2) is 97.1 Å². The molecule has 0 aliphatic carbocycles. The molecule has 4 saturated heterocycles. The number of carbonyl (C=O) groups is 6. The molecule has 4 aromatic carbocycles. The van der Waals surface area contributed by atoms with Crippen molar-refractivity contribution in [3.63, 3.8) is 0 Å². The highest BCUT2D eigenvalue weighted by Gasteiger charge is 2.58. The molecule has 6 N–H and O–H groups in total. The summed E-state index contributed by atoms with van der Waals surface area (Å²) in [7, 11) is 3.06.